The summed E-state index contributed by atoms with van der Waals surface area (Å²) in [6, 6.07) is 18.0. The molecule has 5 rings (SSSR count). The van der Waals surface area contributed by atoms with Crippen molar-refractivity contribution in [2.75, 3.05) is 42.3 Å². The Labute approximate surface area is 213 Å². The second-order valence-corrected chi connectivity index (χ2v) is 8.82. The summed E-state index contributed by atoms with van der Waals surface area (Å²) in [5.41, 5.74) is 3.63. The monoisotopic (exact) mass is 500 g/mol. The van der Waals surface area contributed by atoms with E-state index in [1.165, 1.54) is 12.1 Å². The minimum Gasteiger partial charge on any atom is -0.380 e. The van der Waals surface area contributed by atoms with E-state index in [-0.39, 0.29) is 12.6 Å². The molecule has 188 valence electrons. The van der Waals surface area contributed by atoms with E-state index in [1.807, 2.05) is 24.3 Å². The largest absolute Gasteiger partial charge is 0.380 e. The lowest BCUT2D eigenvalue weighted by molar-refractivity contribution is -0.111. The average molecular weight is 501 g/mol. The summed E-state index contributed by atoms with van der Waals surface area (Å²) >= 11 is 0. The Bertz CT molecular complexity index is 1440. The molecular weight excluding hydrogens is 474 g/mol. The average Bonchev–Trinajstić information content (AvgIpc) is 2.88. The molecule has 1 aliphatic heterocycles. The predicted molar refractivity (Wildman–Crippen MR) is 143 cm³/mol. The van der Waals surface area contributed by atoms with Crippen molar-refractivity contribution in [3.63, 3.8) is 0 Å². The highest BCUT2D eigenvalue weighted by Gasteiger charge is 2.25. The fourth-order valence-corrected chi connectivity index (χ4v) is 4.33. The number of alkyl halides is 1. The number of benzene rings is 3. The van der Waals surface area contributed by atoms with Crippen LogP contribution >= 0.6 is 0 Å². The van der Waals surface area contributed by atoms with Crippen LogP contribution in [0.15, 0.2) is 79.5 Å². The van der Waals surface area contributed by atoms with Crippen molar-refractivity contribution < 1.29 is 13.6 Å². The minimum atomic E-state index is -0.430. The molecule has 9 heteroatoms. The zero-order valence-electron chi connectivity index (χ0n) is 20.0. The van der Waals surface area contributed by atoms with Crippen LogP contribution in [0.25, 0.3) is 22.0 Å². The SMILES string of the molecule is C=CC(=O)Nc1cccc(-c2c(F)ccc3cnc(Nc4ccc(NC5CN(CCF)C5)cc4)nc23)c1. The Balaban J connectivity index is 1.36. The van der Waals surface area contributed by atoms with Gasteiger partial charge in [-0.15, -0.1) is 0 Å². The van der Waals surface area contributed by atoms with Crippen molar-refractivity contribution in [1.82, 2.24) is 14.9 Å². The lowest BCUT2D eigenvalue weighted by atomic mass is 10.0. The van der Waals surface area contributed by atoms with Crippen molar-refractivity contribution in [3.05, 3.63) is 85.3 Å². The topological polar surface area (TPSA) is 82.2 Å². The van der Waals surface area contributed by atoms with E-state index in [4.69, 9.17) is 0 Å². The fourth-order valence-electron chi connectivity index (χ4n) is 4.33. The minimum absolute atomic E-state index is 0.311. The predicted octanol–water partition coefficient (Wildman–Crippen LogP) is 5.37. The van der Waals surface area contributed by atoms with Gasteiger partial charge in [0.05, 0.1) is 11.6 Å². The Morgan fingerprint density at radius 3 is 2.62 bits per heavy atom. The van der Waals surface area contributed by atoms with Crippen LogP contribution in [0, 0.1) is 5.82 Å². The van der Waals surface area contributed by atoms with Gasteiger partial charge in [0.2, 0.25) is 11.9 Å². The Hall–Kier alpha value is -4.37. The summed E-state index contributed by atoms with van der Waals surface area (Å²) in [6.45, 7) is 5.28. The molecule has 1 amide bonds. The van der Waals surface area contributed by atoms with Gasteiger partial charge in [0.25, 0.3) is 0 Å². The van der Waals surface area contributed by atoms with E-state index >= 15 is 4.39 Å². The lowest BCUT2D eigenvalue weighted by Gasteiger charge is -2.39. The smallest absolute Gasteiger partial charge is 0.247 e. The first-order valence-corrected chi connectivity index (χ1v) is 11.9. The lowest BCUT2D eigenvalue weighted by Crippen LogP contribution is -2.55. The Morgan fingerprint density at radius 2 is 1.86 bits per heavy atom. The maximum absolute atomic E-state index is 15.1. The van der Waals surface area contributed by atoms with Crippen LogP contribution in [0.2, 0.25) is 0 Å². The van der Waals surface area contributed by atoms with Crippen LogP contribution in [-0.4, -0.2) is 53.1 Å². The van der Waals surface area contributed by atoms with Crippen LogP contribution in [0.3, 0.4) is 0 Å². The van der Waals surface area contributed by atoms with Crippen molar-refractivity contribution in [2.24, 2.45) is 0 Å². The molecular formula is C28H26F2N6O. The van der Waals surface area contributed by atoms with Gasteiger partial charge in [-0.25, -0.2) is 18.7 Å². The number of aromatic nitrogens is 2. The van der Waals surface area contributed by atoms with Crippen LogP contribution in [-0.2, 0) is 4.79 Å². The van der Waals surface area contributed by atoms with E-state index in [0.717, 1.165) is 24.5 Å². The number of halogens is 2. The van der Waals surface area contributed by atoms with E-state index in [2.05, 4.69) is 37.4 Å². The summed E-state index contributed by atoms with van der Waals surface area (Å²) in [4.78, 5) is 22.8. The third kappa shape index (κ3) is 5.57. The van der Waals surface area contributed by atoms with Gasteiger partial charge in [0.1, 0.15) is 12.5 Å². The van der Waals surface area contributed by atoms with Gasteiger partial charge >= 0.3 is 0 Å². The Morgan fingerprint density at radius 1 is 1.08 bits per heavy atom. The molecule has 0 aliphatic carbocycles. The number of likely N-dealkylation sites (tertiary alicyclic amines) is 1. The van der Waals surface area contributed by atoms with E-state index in [1.54, 1.807) is 36.5 Å². The molecule has 3 N–H and O–H groups in total. The number of carbonyl (C=O) groups is 1. The molecule has 0 unspecified atom stereocenters. The van der Waals surface area contributed by atoms with Crippen LogP contribution < -0.4 is 16.0 Å². The first kappa shape index (κ1) is 24.3. The van der Waals surface area contributed by atoms with Crippen LogP contribution in [0.1, 0.15) is 0 Å². The summed E-state index contributed by atoms with van der Waals surface area (Å²) in [5.74, 6) is -0.449. The molecule has 1 saturated heterocycles. The molecule has 0 saturated carbocycles. The van der Waals surface area contributed by atoms with Gasteiger partial charge in [-0.2, -0.15) is 0 Å². The second kappa shape index (κ2) is 10.7. The molecule has 4 aromatic rings. The number of rotatable bonds is 9. The van der Waals surface area contributed by atoms with E-state index in [9.17, 15) is 9.18 Å². The second-order valence-electron chi connectivity index (χ2n) is 8.82. The number of hydrogen-bond acceptors (Lipinski definition) is 6. The van der Waals surface area contributed by atoms with Gasteiger partial charge in [0.15, 0.2) is 0 Å². The molecule has 37 heavy (non-hydrogen) atoms. The third-order valence-electron chi connectivity index (χ3n) is 6.18. The number of anilines is 4. The fraction of sp³-hybridized carbons (Fsp3) is 0.179. The van der Waals surface area contributed by atoms with Gasteiger partial charge in [-0.05, 0) is 60.2 Å². The molecule has 0 radical (unpaired) electrons. The number of amides is 1. The summed E-state index contributed by atoms with van der Waals surface area (Å²) in [6.07, 6.45) is 2.82. The molecule has 1 aromatic heterocycles. The van der Waals surface area contributed by atoms with Gasteiger partial charge in [0, 0.05) is 53.8 Å². The molecule has 0 atom stereocenters. The number of carbonyl (C=O) groups excluding carboxylic acids is 1. The summed E-state index contributed by atoms with van der Waals surface area (Å²) in [5, 5.41) is 10.0. The number of nitrogens with one attached hydrogen (secondary N) is 3. The Kier molecular flexibility index (Phi) is 7.04. The number of fused-ring (bicyclic) bond motifs is 1. The van der Waals surface area contributed by atoms with Crippen molar-refractivity contribution >= 4 is 39.8 Å². The summed E-state index contributed by atoms with van der Waals surface area (Å²) in [7, 11) is 0. The highest BCUT2D eigenvalue weighted by Crippen LogP contribution is 2.32. The molecule has 3 aromatic carbocycles. The van der Waals surface area contributed by atoms with Crippen LogP contribution in [0.5, 0.6) is 0 Å². The van der Waals surface area contributed by atoms with Gasteiger partial charge in [-0.3, -0.25) is 9.69 Å². The molecule has 7 nitrogen and oxygen atoms in total. The molecule has 0 bridgehead atoms. The molecule has 1 aliphatic rings. The molecule has 2 heterocycles. The highest BCUT2D eigenvalue weighted by molar-refractivity contribution is 6.00. The zero-order valence-corrected chi connectivity index (χ0v) is 20.0. The summed E-state index contributed by atoms with van der Waals surface area (Å²) < 4.78 is 27.5. The first-order valence-electron chi connectivity index (χ1n) is 11.9. The maximum Gasteiger partial charge on any atom is 0.247 e. The van der Waals surface area contributed by atoms with Gasteiger partial charge in [-0.1, -0.05) is 18.7 Å². The quantitative estimate of drug-likeness (QED) is 0.268. The van der Waals surface area contributed by atoms with E-state index in [0.29, 0.717) is 46.3 Å². The molecule has 1 fully saturated rings. The normalized spacial score (nSPS) is 13.7. The first-order chi connectivity index (χ1) is 18.0. The van der Waals surface area contributed by atoms with Crippen molar-refractivity contribution in [3.8, 4) is 11.1 Å². The van der Waals surface area contributed by atoms with Gasteiger partial charge < -0.3 is 16.0 Å². The van der Waals surface area contributed by atoms with E-state index < -0.39 is 5.82 Å². The highest BCUT2D eigenvalue weighted by atomic mass is 19.1. The van der Waals surface area contributed by atoms with Crippen LogP contribution in [0.4, 0.5) is 31.8 Å². The zero-order chi connectivity index (χ0) is 25.8. The molecule has 0 spiro atoms. The van der Waals surface area contributed by atoms with Crippen molar-refractivity contribution in [2.45, 2.75) is 6.04 Å². The maximum atomic E-state index is 15.1. The standard InChI is InChI=1S/C28H26F2N6O/c1-2-25(37)33-22-5-3-4-18(14-22)26-24(30)11-6-19-15-31-28(35-27(19)26)34-21-9-7-20(8-10-21)32-23-16-36(17-23)13-12-29/h2-11,14-15,23,32H,1,12-13,16-17H2,(H,33,37)(H,31,34,35). The third-order valence-corrected chi connectivity index (χ3v) is 6.18. The number of nitrogens with zero attached hydrogens (tertiary/aromatic N) is 3. The van der Waals surface area contributed by atoms with Crippen molar-refractivity contribution in [1.29, 1.82) is 0 Å². The number of hydrogen-bond donors (Lipinski definition) is 3.